The highest BCUT2D eigenvalue weighted by Gasteiger charge is 2.29. The van der Waals surface area contributed by atoms with Crippen LogP contribution in [0.25, 0.3) is 0 Å². The van der Waals surface area contributed by atoms with Gasteiger partial charge in [0, 0.05) is 19.3 Å². The van der Waals surface area contributed by atoms with E-state index in [0.717, 1.165) is 122 Å². The molecule has 5 atom stereocenters. The van der Waals surface area contributed by atoms with Crippen molar-refractivity contribution in [1.82, 2.24) is 0 Å². The van der Waals surface area contributed by atoms with Crippen molar-refractivity contribution in [3.8, 4) is 0 Å². The molecule has 0 rings (SSSR count). The molecule has 18 heteroatoms. The predicted octanol–water partition coefficient (Wildman–Crippen LogP) is 20.8. The van der Waals surface area contributed by atoms with Crippen LogP contribution in [0.5, 0.6) is 0 Å². The molecule has 0 fully saturated rings. The van der Waals surface area contributed by atoms with Gasteiger partial charge in [-0.15, -0.1) is 0 Å². The summed E-state index contributed by atoms with van der Waals surface area (Å²) in [6, 6.07) is 0. The van der Waals surface area contributed by atoms with Gasteiger partial charge in [-0.3, -0.25) is 32.5 Å². The number of phosphoric ester groups is 2. The molecule has 0 aliphatic carbocycles. The lowest BCUT2D eigenvalue weighted by molar-refractivity contribution is -0.161. The molecule has 0 aliphatic heterocycles. The zero-order valence-corrected chi connectivity index (χ0v) is 60.8. The molecule has 0 heterocycles. The molecule has 0 aromatic rings. The standard InChI is InChI=1S/C77H130O16P2/c1-4-7-10-13-16-19-22-25-28-30-31-32-33-34-35-36-37-38-39-41-44-45-48-51-54-57-60-63-75(80)87-66-72(78)67-89-94(83,84)90-68-73(79)69-91-95(85,86)92-71-74(93-77(82)65-62-59-56-53-50-47-42-27-24-21-18-15-12-9-6-3)70-88-76(81)64-61-58-55-52-49-46-43-40-29-26-23-20-17-14-11-8-5-2/h8,11,16-21,25-29,31-32,34-35,42-43,46,52,55,72-74,78-79H,4-7,9-10,12-15,22-24,30,33,36-41,44-45,47-51,53-54,56-71H2,1-3H3,(H,83,84)(H,85,86)/b11-8-,19-16-,20-17-,21-18-,28-25-,29-26-,32-31-,35-34-,42-27-,46-43-,55-52-. The maximum atomic E-state index is 12.9. The summed E-state index contributed by atoms with van der Waals surface area (Å²) in [5.74, 6) is -1.67. The van der Waals surface area contributed by atoms with Gasteiger partial charge < -0.3 is 34.2 Å². The number of unbranched alkanes of at least 4 members (excludes halogenated alkanes) is 23. The van der Waals surface area contributed by atoms with Crippen molar-refractivity contribution >= 4 is 33.6 Å². The van der Waals surface area contributed by atoms with Crippen LogP contribution in [0.3, 0.4) is 0 Å². The SMILES string of the molecule is CC/C=C\C/C=C\C/C=C\C/C=C\C/C=C\CCCC(=O)OCC(COP(=O)(O)OCC(O)COP(=O)(O)OCC(O)COC(=O)CCCCCCCCCCCCC/C=C\C/C=C\C/C=C\C/C=C\CCCCC)OC(=O)CCCCCCC/C=C\C/C=C\CCCCC. The van der Waals surface area contributed by atoms with Crippen molar-refractivity contribution in [2.24, 2.45) is 0 Å². The van der Waals surface area contributed by atoms with Gasteiger partial charge in [0.15, 0.2) is 6.10 Å². The van der Waals surface area contributed by atoms with E-state index in [1.165, 1.54) is 89.9 Å². The molecule has 0 saturated heterocycles. The molecule has 0 saturated carbocycles. The Hall–Kier alpha value is -4.31. The van der Waals surface area contributed by atoms with Crippen molar-refractivity contribution in [1.29, 1.82) is 0 Å². The van der Waals surface area contributed by atoms with Crippen LogP contribution in [0, 0.1) is 0 Å². The second-order valence-corrected chi connectivity index (χ2v) is 26.9. The molecular formula is C77H130O16P2. The fourth-order valence-electron chi connectivity index (χ4n) is 9.27. The van der Waals surface area contributed by atoms with Crippen molar-refractivity contribution in [2.45, 2.75) is 296 Å². The Kier molecular flexibility index (Phi) is 66.4. The number of carbonyl (C=O) groups excluding carboxylic acids is 3. The lowest BCUT2D eigenvalue weighted by Crippen LogP contribution is -2.30. The monoisotopic (exact) mass is 1370 g/mol. The summed E-state index contributed by atoms with van der Waals surface area (Å²) in [4.78, 5) is 58.4. The predicted molar refractivity (Wildman–Crippen MR) is 390 cm³/mol. The second-order valence-electron chi connectivity index (χ2n) is 24.0. The second kappa shape index (κ2) is 69.6. The Morgan fingerprint density at radius 2 is 0.568 bits per heavy atom. The van der Waals surface area contributed by atoms with Crippen LogP contribution in [-0.4, -0.2) is 95.9 Å². The zero-order chi connectivity index (χ0) is 69.5. The molecule has 95 heavy (non-hydrogen) atoms. The highest BCUT2D eigenvalue weighted by atomic mass is 31.2. The van der Waals surface area contributed by atoms with Gasteiger partial charge >= 0.3 is 33.6 Å². The molecule has 0 radical (unpaired) electrons. The van der Waals surface area contributed by atoms with Crippen molar-refractivity contribution in [3.63, 3.8) is 0 Å². The van der Waals surface area contributed by atoms with Gasteiger partial charge in [0.2, 0.25) is 0 Å². The minimum absolute atomic E-state index is 0.0728. The molecule has 0 aromatic carbocycles. The highest BCUT2D eigenvalue weighted by Crippen LogP contribution is 2.45. The van der Waals surface area contributed by atoms with Gasteiger partial charge in [-0.25, -0.2) is 9.13 Å². The maximum absolute atomic E-state index is 12.9. The lowest BCUT2D eigenvalue weighted by Gasteiger charge is -2.21. The summed E-state index contributed by atoms with van der Waals surface area (Å²) in [7, 11) is -9.81. The van der Waals surface area contributed by atoms with E-state index in [9.17, 15) is 43.5 Å². The smallest absolute Gasteiger partial charge is 0.463 e. The van der Waals surface area contributed by atoms with Crippen LogP contribution >= 0.6 is 15.6 Å². The number of esters is 3. The Morgan fingerprint density at radius 3 is 0.926 bits per heavy atom. The number of aliphatic hydroxyl groups excluding tert-OH is 2. The topological polar surface area (TPSA) is 231 Å². The third-order valence-electron chi connectivity index (χ3n) is 14.8. The number of carbonyl (C=O) groups is 3. The third-order valence-corrected chi connectivity index (χ3v) is 16.7. The van der Waals surface area contributed by atoms with Gasteiger partial charge in [0.25, 0.3) is 0 Å². The number of hydrogen-bond acceptors (Lipinski definition) is 14. The first kappa shape index (κ1) is 90.7. The number of rotatable bonds is 68. The molecule has 0 spiro atoms. The highest BCUT2D eigenvalue weighted by molar-refractivity contribution is 7.47. The van der Waals surface area contributed by atoms with Gasteiger partial charge in [-0.2, -0.15) is 0 Å². The Morgan fingerprint density at radius 1 is 0.305 bits per heavy atom. The Bertz CT molecular complexity index is 2260. The normalized spacial score (nSPS) is 14.9. The number of ether oxygens (including phenoxy) is 3. The van der Waals surface area contributed by atoms with Crippen LogP contribution in [0.2, 0.25) is 0 Å². The molecule has 0 amide bonds. The number of hydrogen-bond donors (Lipinski definition) is 4. The third kappa shape index (κ3) is 70.8. The molecule has 5 unspecified atom stereocenters. The van der Waals surface area contributed by atoms with Crippen LogP contribution in [0.15, 0.2) is 134 Å². The van der Waals surface area contributed by atoms with E-state index in [-0.39, 0.29) is 19.3 Å². The summed E-state index contributed by atoms with van der Waals surface area (Å²) >= 11 is 0. The average Bonchev–Trinajstić information content (AvgIpc) is 2.44. The van der Waals surface area contributed by atoms with Gasteiger partial charge in [-0.05, 0) is 135 Å². The summed E-state index contributed by atoms with van der Waals surface area (Å²) in [5.41, 5.74) is 0. The minimum Gasteiger partial charge on any atom is -0.463 e. The van der Waals surface area contributed by atoms with E-state index in [0.29, 0.717) is 25.7 Å². The first-order valence-corrected chi connectivity index (χ1v) is 39.5. The van der Waals surface area contributed by atoms with Gasteiger partial charge in [-0.1, -0.05) is 257 Å². The van der Waals surface area contributed by atoms with E-state index in [1.807, 2.05) is 12.2 Å². The fourth-order valence-corrected chi connectivity index (χ4v) is 10.9. The summed E-state index contributed by atoms with van der Waals surface area (Å²) in [5, 5.41) is 20.6. The van der Waals surface area contributed by atoms with E-state index in [2.05, 4.69) is 142 Å². The van der Waals surface area contributed by atoms with Crippen molar-refractivity contribution in [3.05, 3.63) is 134 Å². The summed E-state index contributed by atoms with van der Waals surface area (Å²) < 4.78 is 60.9. The van der Waals surface area contributed by atoms with E-state index < -0.39 is 91.5 Å². The van der Waals surface area contributed by atoms with Gasteiger partial charge in [0.05, 0.1) is 26.4 Å². The van der Waals surface area contributed by atoms with Crippen LogP contribution in [-0.2, 0) is 55.8 Å². The van der Waals surface area contributed by atoms with E-state index in [4.69, 9.17) is 32.3 Å². The average molecular weight is 1370 g/mol. The van der Waals surface area contributed by atoms with Crippen LogP contribution in [0.4, 0.5) is 0 Å². The van der Waals surface area contributed by atoms with Crippen molar-refractivity contribution < 1.29 is 75.8 Å². The summed E-state index contributed by atoms with van der Waals surface area (Å²) in [6.07, 6.45) is 82.3. The first-order valence-electron chi connectivity index (χ1n) is 36.5. The molecule has 0 aromatic heterocycles. The molecule has 0 aliphatic rings. The molecular weight excluding hydrogens is 1240 g/mol. The number of aliphatic hydroxyl groups is 2. The Labute approximate surface area is 575 Å². The lowest BCUT2D eigenvalue weighted by atomic mass is 10.0. The van der Waals surface area contributed by atoms with Crippen molar-refractivity contribution in [2.75, 3.05) is 39.6 Å². The molecule has 544 valence electrons. The first-order chi connectivity index (χ1) is 46.2. The zero-order valence-electron chi connectivity index (χ0n) is 59.0. The number of phosphoric acid groups is 2. The maximum Gasteiger partial charge on any atom is 0.472 e. The molecule has 16 nitrogen and oxygen atoms in total. The molecule has 4 N–H and O–H groups in total. The van der Waals surface area contributed by atoms with Crippen LogP contribution in [0.1, 0.15) is 278 Å². The molecule has 0 bridgehead atoms. The Balaban J connectivity index is 4.59. The minimum atomic E-state index is -4.94. The van der Waals surface area contributed by atoms with Gasteiger partial charge in [0.1, 0.15) is 25.4 Å². The quantitative estimate of drug-likeness (QED) is 0.0146. The van der Waals surface area contributed by atoms with Crippen LogP contribution < -0.4 is 0 Å². The van der Waals surface area contributed by atoms with E-state index in [1.54, 1.807) is 0 Å². The van der Waals surface area contributed by atoms with E-state index >= 15 is 0 Å². The largest absolute Gasteiger partial charge is 0.472 e. The fraction of sp³-hybridized carbons (Fsp3) is 0.675. The number of allylic oxidation sites excluding steroid dienone is 22. The summed E-state index contributed by atoms with van der Waals surface area (Å²) in [6.45, 7) is 2.41.